The zero-order chi connectivity index (χ0) is 18.3. The number of hydrogen-bond acceptors (Lipinski definition) is 5. The van der Waals surface area contributed by atoms with Crippen LogP contribution in [-0.4, -0.2) is 49.7 Å². The normalized spacial score (nSPS) is 18.5. The number of aromatic nitrogens is 4. The van der Waals surface area contributed by atoms with Gasteiger partial charge in [0, 0.05) is 38.4 Å². The predicted octanol–water partition coefficient (Wildman–Crippen LogP) is 0.106. The number of halogens is 1. The van der Waals surface area contributed by atoms with E-state index < -0.39 is 17.1 Å². The van der Waals surface area contributed by atoms with Gasteiger partial charge in [0.15, 0.2) is 0 Å². The van der Waals surface area contributed by atoms with Crippen molar-refractivity contribution in [1.82, 2.24) is 29.4 Å². The lowest BCUT2D eigenvalue weighted by Crippen LogP contribution is -2.48. The Balaban J connectivity index is 1.72. The molecule has 0 bridgehead atoms. The van der Waals surface area contributed by atoms with Gasteiger partial charge < -0.3 is 5.32 Å². The van der Waals surface area contributed by atoms with E-state index in [9.17, 15) is 14.0 Å². The highest BCUT2D eigenvalue weighted by molar-refractivity contribution is 5.64. The quantitative estimate of drug-likeness (QED) is 0.694. The molecule has 9 heteroatoms. The second kappa shape index (κ2) is 6.50. The van der Waals surface area contributed by atoms with Crippen LogP contribution in [0, 0.1) is 5.82 Å². The minimum Gasteiger partial charge on any atom is -0.312 e. The monoisotopic (exact) mass is 358 g/mol. The summed E-state index contributed by atoms with van der Waals surface area (Å²) in [6, 6.07) is 4.36. The van der Waals surface area contributed by atoms with Crippen molar-refractivity contribution in [2.45, 2.75) is 19.5 Å². The van der Waals surface area contributed by atoms with Crippen LogP contribution in [0.2, 0.25) is 0 Å². The van der Waals surface area contributed by atoms with E-state index in [2.05, 4.69) is 22.2 Å². The Labute approximate surface area is 147 Å². The van der Waals surface area contributed by atoms with Gasteiger partial charge in [0.05, 0.1) is 23.6 Å². The lowest BCUT2D eigenvalue weighted by molar-refractivity contribution is 0.199. The van der Waals surface area contributed by atoms with E-state index in [1.54, 1.807) is 4.52 Å². The SMILES string of the molecule is C[C@H]1CN(Cc2ccn3ncc(-n4cc(F)c(=O)[nH]c4=O)c3c2)CCN1. The largest absolute Gasteiger partial charge is 0.333 e. The van der Waals surface area contributed by atoms with E-state index in [0.29, 0.717) is 17.2 Å². The molecule has 26 heavy (non-hydrogen) atoms. The number of aromatic amines is 1. The van der Waals surface area contributed by atoms with Gasteiger partial charge in [0.2, 0.25) is 5.82 Å². The Bertz CT molecular complexity index is 1070. The van der Waals surface area contributed by atoms with E-state index in [1.165, 1.54) is 6.20 Å². The molecule has 1 atom stereocenters. The minimum absolute atomic E-state index is 0.417. The van der Waals surface area contributed by atoms with Gasteiger partial charge in [-0.1, -0.05) is 0 Å². The molecule has 0 spiro atoms. The molecule has 2 N–H and O–H groups in total. The summed E-state index contributed by atoms with van der Waals surface area (Å²) in [5.74, 6) is -1.02. The van der Waals surface area contributed by atoms with Crippen molar-refractivity contribution >= 4 is 5.52 Å². The second-order valence-corrected chi connectivity index (χ2v) is 6.59. The summed E-state index contributed by atoms with van der Waals surface area (Å²) in [6.45, 7) is 5.81. The third kappa shape index (κ3) is 3.06. The van der Waals surface area contributed by atoms with Gasteiger partial charge in [-0.25, -0.2) is 9.31 Å². The zero-order valence-electron chi connectivity index (χ0n) is 14.3. The van der Waals surface area contributed by atoms with Crippen molar-refractivity contribution in [3.63, 3.8) is 0 Å². The first-order valence-electron chi connectivity index (χ1n) is 8.45. The Kier molecular flexibility index (Phi) is 4.17. The number of fused-ring (bicyclic) bond motifs is 1. The van der Waals surface area contributed by atoms with Crippen molar-refractivity contribution < 1.29 is 4.39 Å². The highest BCUT2D eigenvalue weighted by Crippen LogP contribution is 2.17. The third-order valence-electron chi connectivity index (χ3n) is 4.58. The fourth-order valence-electron chi connectivity index (χ4n) is 3.34. The Morgan fingerprint density at radius 3 is 3.04 bits per heavy atom. The topological polar surface area (TPSA) is 87.4 Å². The first kappa shape index (κ1) is 16.7. The molecule has 0 aromatic carbocycles. The summed E-state index contributed by atoms with van der Waals surface area (Å²) in [5, 5.41) is 7.62. The number of pyridine rings is 1. The average Bonchev–Trinajstić information content (AvgIpc) is 3.01. The fraction of sp³-hybridized carbons (Fsp3) is 0.353. The predicted molar refractivity (Wildman–Crippen MR) is 94.1 cm³/mol. The number of H-pyrrole nitrogens is 1. The molecule has 1 aliphatic rings. The van der Waals surface area contributed by atoms with Crippen molar-refractivity contribution in [2.75, 3.05) is 19.6 Å². The van der Waals surface area contributed by atoms with Crippen LogP contribution in [-0.2, 0) is 6.54 Å². The molecule has 8 nitrogen and oxygen atoms in total. The summed E-state index contributed by atoms with van der Waals surface area (Å²) in [6.07, 6.45) is 4.18. The van der Waals surface area contributed by atoms with Gasteiger partial charge in [0.25, 0.3) is 5.56 Å². The molecule has 0 saturated carbocycles. The van der Waals surface area contributed by atoms with E-state index in [4.69, 9.17) is 0 Å². The zero-order valence-corrected chi connectivity index (χ0v) is 14.3. The highest BCUT2D eigenvalue weighted by Gasteiger charge is 2.17. The Hall–Kier alpha value is -2.78. The van der Waals surface area contributed by atoms with Crippen LogP contribution >= 0.6 is 0 Å². The summed E-state index contributed by atoms with van der Waals surface area (Å²) in [5.41, 5.74) is 0.426. The third-order valence-corrected chi connectivity index (χ3v) is 4.58. The van der Waals surface area contributed by atoms with Crippen molar-refractivity contribution in [2.24, 2.45) is 0 Å². The number of rotatable bonds is 3. The molecular weight excluding hydrogens is 339 g/mol. The molecule has 1 aliphatic heterocycles. The summed E-state index contributed by atoms with van der Waals surface area (Å²) in [7, 11) is 0. The van der Waals surface area contributed by atoms with Gasteiger partial charge in [-0.15, -0.1) is 0 Å². The standard InChI is InChI=1S/C17H19FN6O2/c1-11-8-22(5-3-19-11)9-12-2-4-24-14(6-12)15(7-20-24)23-10-13(18)16(25)21-17(23)26/h2,4,6-7,10-11,19H,3,5,8-9H2,1H3,(H,21,25,26)/t11-/m0/s1. The van der Waals surface area contributed by atoms with Gasteiger partial charge in [-0.2, -0.15) is 9.49 Å². The Morgan fingerprint density at radius 2 is 2.23 bits per heavy atom. The van der Waals surface area contributed by atoms with Gasteiger partial charge >= 0.3 is 5.69 Å². The first-order chi connectivity index (χ1) is 12.5. The van der Waals surface area contributed by atoms with Crippen LogP contribution in [0.25, 0.3) is 11.2 Å². The molecule has 1 saturated heterocycles. The van der Waals surface area contributed by atoms with Crippen LogP contribution < -0.4 is 16.6 Å². The number of hydrogen-bond donors (Lipinski definition) is 2. The van der Waals surface area contributed by atoms with Crippen molar-refractivity contribution in [3.8, 4) is 5.69 Å². The molecule has 0 aliphatic carbocycles. The van der Waals surface area contributed by atoms with Crippen LogP contribution in [0.15, 0.2) is 40.3 Å². The average molecular weight is 358 g/mol. The maximum Gasteiger partial charge on any atom is 0.333 e. The van der Waals surface area contributed by atoms with Crippen LogP contribution in [0.5, 0.6) is 0 Å². The molecule has 4 heterocycles. The van der Waals surface area contributed by atoms with Crippen LogP contribution in [0.3, 0.4) is 0 Å². The van der Waals surface area contributed by atoms with E-state index in [1.807, 2.05) is 23.3 Å². The lowest BCUT2D eigenvalue weighted by Gasteiger charge is -2.31. The van der Waals surface area contributed by atoms with Crippen molar-refractivity contribution in [1.29, 1.82) is 0 Å². The number of nitrogens with zero attached hydrogens (tertiary/aromatic N) is 4. The van der Waals surface area contributed by atoms with Crippen molar-refractivity contribution in [3.05, 3.63) is 62.9 Å². The molecular formula is C17H19FN6O2. The molecule has 1 fully saturated rings. The molecule has 0 amide bonds. The smallest absolute Gasteiger partial charge is 0.312 e. The van der Waals surface area contributed by atoms with Gasteiger partial charge in [0.1, 0.15) is 0 Å². The maximum absolute atomic E-state index is 13.6. The second-order valence-electron chi connectivity index (χ2n) is 6.59. The lowest BCUT2D eigenvalue weighted by atomic mass is 10.2. The molecule has 0 unspecified atom stereocenters. The van der Waals surface area contributed by atoms with E-state index in [-0.39, 0.29) is 0 Å². The molecule has 0 radical (unpaired) electrons. The minimum atomic E-state index is -1.03. The molecule has 4 rings (SSSR count). The molecule has 3 aromatic rings. The van der Waals surface area contributed by atoms with Gasteiger partial charge in [-0.05, 0) is 24.6 Å². The number of piperazine rings is 1. The fourth-order valence-corrected chi connectivity index (χ4v) is 3.34. The van der Waals surface area contributed by atoms with E-state index >= 15 is 0 Å². The maximum atomic E-state index is 13.6. The summed E-state index contributed by atoms with van der Waals surface area (Å²) in [4.78, 5) is 27.6. The van der Waals surface area contributed by atoms with E-state index in [0.717, 1.165) is 42.5 Å². The highest BCUT2D eigenvalue weighted by atomic mass is 19.1. The number of nitrogens with one attached hydrogen (secondary N) is 2. The Morgan fingerprint density at radius 1 is 1.38 bits per heavy atom. The van der Waals surface area contributed by atoms with Crippen LogP contribution in [0.1, 0.15) is 12.5 Å². The first-order valence-corrected chi connectivity index (χ1v) is 8.45. The van der Waals surface area contributed by atoms with Crippen LogP contribution in [0.4, 0.5) is 4.39 Å². The molecule has 3 aromatic heterocycles. The summed E-state index contributed by atoms with van der Waals surface area (Å²) < 4.78 is 16.3. The molecule has 136 valence electrons. The van der Waals surface area contributed by atoms with Gasteiger partial charge in [-0.3, -0.25) is 19.2 Å². The summed E-state index contributed by atoms with van der Waals surface area (Å²) >= 11 is 0.